The molecule has 0 atom stereocenters. The Morgan fingerprint density at radius 3 is 2.83 bits per heavy atom. The van der Waals surface area contributed by atoms with E-state index >= 15 is 0 Å². The van der Waals surface area contributed by atoms with Crippen molar-refractivity contribution in [2.45, 2.75) is 6.92 Å². The number of fused-ring (bicyclic) bond motifs is 1. The molecule has 0 aliphatic carbocycles. The van der Waals surface area contributed by atoms with Crippen LogP contribution in [0.15, 0.2) is 36.5 Å². The Hall–Kier alpha value is -1.87. The Morgan fingerprint density at radius 2 is 2.11 bits per heavy atom. The first-order valence-corrected chi connectivity index (χ1v) is 5.93. The second kappa shape index (κ2) is 4.10. The zero-order valence-electron chi connectivity index (χ0n) is 9.67. The second-order valence-electron chi connectivity index (χ2n) is 4.20. The molecule has 0 aliphatic rings. The summed E-state index contributed by atoms with van der Waals surface area (Å²) in [5.74, 6) is -0.235. The standard InChI is InChI=1S/C14H10ClFN2/c1-8-5-13(17-7-10(8)15)14-6-9-11(16)3-2-4-12(9)18-14/h2-7,18H,1H3. The van der Waals surface area contributed by atoms with Crippen molar-refractivity contribution >= 4 is 22.5 Å². The van der Waals surface area contributed by atoms with Crippen LogP contribution in [0.25, 0.3) is 22.3 Å². The first-order chi connectivity index (χ1) is 8.65. The largest absolute Gasteiger partial charge is 0.353 e. The molecular formula is C14H10ClFN2. The van der Waals surface area contributed by atoms with E-state index < -0.39 is 0 Å². The second-order valence-corrected chi connectivity index (χ2v) is 4.61. The molecular weight excluding hydrogens is 251 g/mol. The molecule has 0 saturated carbocycles. The molecule has 1 N–H and O–H groups in total. The fourth-order valence-electron chi connectivity index (χ4n) is 1.94. The number of aromatic amines is 1. The van der Waals surface area contributed by atoms with Crippen molar-refractivity contribution in [3.63, 3.8) is 0 Å². The first kappa shape index (κ1) is 11.2. The van der Waals surface area contributed by atoms with Crippen LogP contribution >= 0.6 is 11.6 Å². The Balaban J connectivity index is 2.19. The molecule has 0 spiro atoms. The van der Waals surface area contributed by atoms with Crippen LogP contribution in [0.3, 0.4) is 0 Å². The van der Waals surface area contributed by atoms with E-state index in [0.29, 0.717) is 10.4 Å². The number of pyridine rings is 1. The maximum atomic E-state index is 13.6. The number of aryl methyl sites for hydroxylation is 1. The molecule has 3 aromatic rings. The van der Waals surface area contributed by atoms with Gasteiger partial charge in [0.25, 0.3) is 0 Å². The summed E-state index contributed by atoms with van der Waals surface area (Å²) in [5.41, 5.74) is 3.25. The summed E-state index contributed by atoms with van der Waals surface area (Å²) in [7, 11) is 0. The van der Waals surface area contributed by atoms with E-state index in [4.69, 9.17) is 11.6 Å². The molecule has 1 aromatic carbocycles. The molecule has 3 rings (SSSR count). The number of hydrogen-bond donors (Lipinski definition) is 1. The van der Waals surface area contributed by atoms with Gasteiger partial charge in [-0.1, -0.05) is 17.7 Å². The number of H-pyrrole nitrogens is 1. The molecule has 0 saturated heterocycles. The van der Waals surface area contributed by atoms with E-state index in [-0.39, 0.29) is 5.82 Å². The van der Waals surface area contributed by atoms with E-state index in [1.54, 1.807) is 18.3 Å². The van der Waals surface area contributed by atoms with Gasteiger partial charge < -0.3 is 4.98 Å². The fourth-order valence-corrected chi connectivity index (χ4v) is 2.05. The average Bonchev–Trinajstić information content (AvgIpc) is 2.78. The molecule has 0 amide bonds. The van der Waals surface area contributed by atoms with Crippen molar-refractivity contribution in [1.29, 1.82) is 0 Å². The van der Waals surface area contributed by atoms with Crippen LogP contribution in [-0.4, -0.2) is 9.97 Å². The van der Waals surface area contributed by atoms with Gasteiger partial charge in [-0.15, -0.1) is 0 Å². The topological polar surface area (TPSA) is 28.7 Å². The lowest BCUT2D eigenvalue weighted by Gasteiger charge is -2.00. The molecule has 0 fully saturated rings. The van der Waals surface area contributed by atoms with Crippen LogP contribution in [0.4, 0.5) is 4.39 Å². The highest BCUT2D eigenvalue weighted by Crippen LogP contribution is 2.26. The van der Waals surface area contributed by atoms with Gasteiger partial charge in [-0.2, -0.15) is 0 Å². The summed E-state index contributed by atoms with van der Waals surface area (Å²) in [6.07, 6.45) is 1.61. The van der Waals surface area contributed by atoms with E-state index in [1.165, 1.54) is 6.07 Å². The molecule has 18 heavy (non-hydrogen) atoms. The van der Waals surface area contributed by atoms with Gasteiger partial charge in [0.05, 0.1) is 16.4 Å². The normalized spacial score (nSPS) is 11.1. The van der Waals surface area contributed by atoms with E-state index in [1.807, 2.05) is 19.1 Å². The lowest BCUT2D eigenvalue weighted by Crippen LogP contribution is -1.85. The van der Waals surface area contributed by atoms with Gasteiger partial charge in [-0.3, -0.25) is 4.98 Å². The monoisotopic (exact) mass is 260 g/mol. The summed E-state index contributed by atoms with van der Waals surface area (Å²) in [5, 5.41) is 1.20. The van der Waals surface area contributed by atoms with Crippen molar-refractivity contribution in [2.75, 3.05) is 0 Å². The number of hydrogen-bond acceptors (Lipinski definition) is 1. The quantitative estimate of drug-likeness (QED) is 0.693. The van der Waals surface area contributed by atoms with Crippen LogP contribution in [0.5, 0.6) is 0 Å². The summed E-state index contributed by atoms with van der Waals surface area (Å²) >= 11 is 5.94. The lowest BCUT2D eigenvalue weighted by molar-refractivity contribution is 0.640. The minimum atomic E-state index is -0.235. The molecule has 2 aromatic heterocycles. The number of halogens is 2. The number of rotatable bonds is 1. The van der Waals surface area contributed by atoms with Gasteiger partial charge in [-0.05, 0) is 36.8 Å². The minimum Gasteiger partial charge on any atom is -0.353 e. The maximum absolute atomic E-state index is 13.6. The Bertz CT molecular complexity index is 734. The zero-order chi connectivity index (χ0) is 12.7. The van der Waals surface area contributed by atoms with Crippen LogP contribution in [-0.2, 0) is 0 Å². The third-order valence-corrected chi connectivity index (χ3v) is 3.33. The van der Waals surface area contributed by atoms with Crippen LogP contribution in [0.1, 0.15) is 5.56 Å². The Labute approximate surface area is 108 Å². The molecule has 0 radical (unpaired) electrons. The van der Waals surface area contributed by atoms with Crippen LogP contribution < -0.4 is 0 Å². The molecule has 0 bridgehead atoms. The van der Waals surface area contributed by atoms with E-state index in [9.17, 15) is 4.39 Å². The Kier molecular flexibility index (Phi) is 2.56. The Morgan fingerprint density at radius 1 is 1.28 bits per heavy atom. The van der Waals surface area contributed by atoms with Crippen molar-refractivity contribution in [3.8, 4) is 11.4 Å². The third kappa shape index (κ3) is 1.77. The van der Waals surface area contributed by atoms with Gasteiger partial charge in [-0.25, -0.2) is 4.39 Å². The summed E-state index contributed by atoms with van der Waals surface area (Å²) in [4.78, 5) is 7.40. The summed E-state index contributed by atoms with van der Waals surface area (Å²) in [6, 6.07) is 8.61. The minimum absolute atomic E-state index is 0.235. The number of nitrogens with one attached hydrogen (secondary N) is 1. The van der Waals surface area contributed by atoms with Crippen LogP contribution in [0, 0.1) is 12.7 Å². The van der Waals surface area contributed by atoms with Gasteiger partial charge in [0.15, 0.2) is 0 Å². The SMILES string of the molecule is Cc1cc(-c2cc3c(F)cccc3[nH]2)ncc1Cl. The van der Waals surface area contributed by atoms with E-state index in [2.05, 4.69) is 9.97 Å². The number of benzene rings is 1. The maximum Gasteiger partial charge on any atom is 0.132 e. The molecule has 90 valence electrons. The lowest BCUT2D eigenvalue weighted by atomic mass is 10.2. The molecule has 2 heterocycles. The van der Waals surface area contributed by atoms with Crippen molar-refractivity contribution < 1.29 is 4.39 Å². The average molecular weight is 261 g/mol. The molecule has 0 unspecified atom stereocenters. The summed E-state index contributed by atoms with van der Waals surface area (Å²) < 4.78 is 13.6. The number of aromatic nitrogens is 2. The van der Waals surface area contributed by atoms with Gasteiger partial charge >= 0.3 is 0 Å². The highest BCUT2D eigenvalue weighted by molar-refractivity contribution is 6.31. The number of nitrogens with zero attached hydrogens (tertiary/aromatic N) is 1. The van der Waals surface area contributed by atoms with Gasteiger partial charge in [0.2, 0.25) is 0 Å². The van der Waals surface area contributed by atoms with Crippen molar-refractivity contribution in [3.05, 3.63) is 52.9 Å². The smallest absolute Gasteiger partial charge is 0.132 e. The first-order valence-electron chi connectivity index (χ1n) is 5.55. The third-order valence-electron chi connectivity index (χ3n) is 2.93. The van der Waals surface area contributed by atoms with Gasteiger partial charge in [0.1, 0.15) is 5.82 Å². The van der Waals surface area contributed by atoms with Crippen molar-refractivity contribution in [1.82, 2.24) is 9.97 Å². The van der Waals surface area contributed by atoms with Crippen molar-refractivity contribution in [2.24, 2.45) is 0 Å². The summed E-state index contributed by atoms with van der Waals surface area (Å²) in [6.45, 7) is 1.91. The predicted octanol–water partition coefficient (Wildman–Crippen LogP) is 4.33. The predicted molar refractivity (Wildman–Crippen MR) is 71.2 cm³/mol. The van der Waals surface area contributed by atoms with E-state index in [0.717, 1.165) is 22.5 Å². The fraction of sp³-hybridized carbons (Fsp3) is 0.0714. The highest BCUT2D eigenvalue weighted by Gasteiger charge is 2.08. The molecule has 2 nitrogen and oxygen atoms in total. The zero-order valence-corrected chi connectivity index (χ0v) is 10.4. The molecule has 4 heteroatoms. The van der Waals surface area contributed by atoms with Crippen LogP contribution in [0.2, 0.25) is 5.02 Å². The van der Waals surface area contributed by atoms with Gasteiger partial charge in [0, 0.05) is 17.1 Å². The highest BCUT2D eigenvalue weighted by atomic mass is 35.5. The molecule has 0 aliphatic heterocycles.